The minimum absolute atomic E-state index is 0.466. The molecule has 2 aromatic heterocycles. The minimum Gasteiger partial charge on any atom is -0.423 e. The number of H-pyrrole nitrogens is 1. The molecule has 0 radical (unpaired) electrons. The van der Waals surface area contributed by atoms with Gasteiger partial charge in [0.25, 0.3) is 0 Å². The van der Waals surface area contributed by atoms with Gasteiger partial charge in [-0.2, -0.15) is 0 Å². The largest absolute Gasteiger partial charge is 0.423 e. The Morgan fingerprint density at radius 2 is 1.94 bits per heavy atom. The lowest BCUT2D eigenvalue weighted by atomic mass is 9.87. The van der Waals surface area contributed by atoms with Crippen LogP contribution in [0.25, 0.3) is 22.0 Å². The summed E-state index contributed by atoms with van der Waals surface area (Å²) in [5.41, 5.74) is 6.28. The van der Waals surface area contributed by atoms with Crippen LogP contribution >= 0.6 is 11.6 Å². The third kappa shape index (κ3) is 4.16. The maximum absolute atomic E-state index is 11.5. The number of hydrogen-bond donors (Lipinski definition) is 1. The normalized spacial score (nSPS) is 11.8. The highest BCUT2D eigenvalue weighted by Gasteiger charge is 2.17. The predicted octanol–water partition coefficient (Wildman–Crippen LogP) is 6.68. The highest BCUT2D eigenvalue weighted by molar-refractivity contribution is 6.32. The van der Waals surface area contributed by atoms with Crippen LogP contribution in [0.5, 0.6) is 5.75 Å². The molecule has 4 rings (SSSR count). The number of aromatic nitrogens is 2. The molecule has 0 fully saturated rings. The van der Waals surface area contributed by atoms with Crippen molar-refractivity contribution in [3.63, 3.8) is 0 Å². The van der Waals surface area contributed by atoms with E-state index in [0.717, 1.165) is 51.2 Å². The maximum atomic E-state index is 11.5. The second kappa shape index (κ2) is 9.02. The van der Waals surface area contributed by atoms with E-state index in [-0.39, 0.29) is 0 Å². The van der Waals surface area contributed by atoms with E-state index in [4.69, 9.17) is 16.3 Å². The Morgan fingerprint density at radius 3 is 2.65 bits per heavy atom. The van der Waals surface area contributed by atoms with Crippen molar-refractivity contribution >= 4 is 39.6 Å². The van der Waals surface area contributed by atoms with Crippen molar-refractivity contribution in [1.82, 2.24) is 9.97 Å². The number of pyridine rings is 1. The number of aromatic amines is 1. The number of nitrogens with zero attached hydrogens (tertiary/aromatic N) is 1. The monoisotopic (exact) mass is 428 g/mol. The number of allylic oxidation sites excluding steroid dienone is 1. The van der Waals surface area contributed by atoms with Gasteiger partial charge in [-0.15, -0.1) is 0 Å². The van der Waals surface area contributed by atoms with Crippen LogP contribution in [0.3, 0.4) is 0 Å². The summed E-state index contributed by atoms with van der Waals surface area (Å²) in [7, 11) is 0. The number of nitrogens with one attached hydrogen (secondary N) is 1. The number of halogens is 1. The first-order chi connectivity index (χ1) is 15.1. The fraction of sp³-hybridized carbons (Fsp3) is 0.0769. The molecule has 4 aromatic rings. The van der Waals surface area contributed by atoms with Gasteiger partial charge in [-0.1, -0.05) is 49.4 Å². The van der Waals surface area contributed by atoms with Crippen LogP contribution in [0.4, 0.5) is 0 Å². The predicted molar refractivity (Wildman–Crippen MR) is 126 cm³/mol. The molecule has 1 N–H and O–H groups in total. The van der Waals surface area contributed by atoms with Gasteiger partial charge in [-0.25, -0.2) is 4.79 Å². The number of carbonyl (C=O) groups is 1. The Hall–Kier alpha value is -3.63. The number of carbonyl (C=O) groups excluding carboxylic acids is 1. The fourth-order valence-corrected chi connectivity index (χ4v) is 4.00. The zero-order valence-corrected chi connectivity index (χ0v) is 17.8. The first-order valence-electron chi connectivity index (χ1n) is 9.96. The molecular weight excluding hydrogens is 408 g/mol. The summed E-state index contributed by atoms with van der Waals surface area (Å²) in [6.45, 7) is 5.55. The van der Waals surface area contributed by atoms with Gasteiger partial charge in [0.05, 0.1) is 5.02 Å². The number of esters is 1. The molecule has 2 aromatic carbocycles. The molecule has 0 bridgehead atoms. The molecule has 0 unspecified atom stereocenters. The smallest absolute Gasteiger partial charge is 0.335 e. The number of fused-ring (bicyclic) bond motifs is 1. The van der Waals surface area contributed by atoms with Gasteiger partial charge in [0.2, 0.25) is 0 Å². The highest BCUT2D eigenvalue weighted by atomic mass is 35.5. The molecule has 31 heavy (non-hydrogen) atoms. The first kappa shape index (κ1) is 20.6. The van der Waals surface area contributed by atoms with Crippen molar-refractivity contribution < 1.29 is 9.53 Å². The second-order valence-corrected chi connectivity index (χ2v) is 7.36. The van der Waals surface area contributed by atoms with Gasteiger partial charge in [0, 0.05) is 35.6 Å². The van der Waals surface area contributed by atoms with E-state index < -0.39 is 5.97 Å². The van der Waals surface area contributed by atoms with Gasteiger partial charge in [-0.3, -0.25) is 4.98 Å². The zero-order valence-electron chi connectivity index (χ0n) is 17.1. The average molecular weight is 429 g/mol. The van der Waals surface area contributed by atoms with Crippen LogP contribution in [0.2, 0.25) is 5.02 Å². The molecule has 0 amide bonds. The van der Waals surface area contributed by atoms with Crippen LogP contribution < -0.4 is 4.74 Å². The SMILES string of the molecule is C=CC(=O)Oc1ccc(/C(=C(/CC)c2ccncc2Cl)c2cccc3[nH]ccc23)cc1. The first-order valence-corrected chi connectivity index (χ1v) is 10.3. The summed E-state index contributed by atoms with van der Waals surface area (Å²) in [5.74, 6) is -0.0220. The van der Waals surface area contributed by atoms with Crippen LogP contribution in [0.1, 0.15) is 30.0 Å². The Balaban J connectivity index is 1.96. The molecule has 154 valence electrons. The zero-order chi connectivity index (χ0) is 21.8. The van der Waals surface area contributed by atoms with Crippen molar-refractivity contribution in [2.24, 2.45) is 0 Å². The molecule has 4 nitrogen and oxygen atoms in total. The molecule has 0 saturated carbocycles. The third-order valence-electron chi connectivity index (χ3n) is 5.15. The van der Waals surface area contributed by atoms with E-state index in [1.54, 1.807) is 24.5 Å². The summed E-state index contributed by atoms with van der Waals surface area (Å²) in [4.78, 5) is 19.0. The fourth-order valence-electron chi connectivity index (χ4n) is 3.76. The minimum atomic E-state index is -0.488. The maximum Gasteiger partial charge on any atom is 0.335 e. The van der Waals surface area contributed by atoms with Crippen molar-refractivity contribution in [2.75, 3.05) is 0 Å². The third-order valence-corrected chi connectivity index (χ3v) is 5.45. The summed E-state index contributed by atoms with van der Waals surface area (Å²) in [6, 6.07) is 17.7. The van der Waals surface area contributed by atoms with Gasteiger partial charge in [-0.05, 0) is 64.6 Å². The van der Waals surface area contributed by atoms with Crippen molar-refractivity contribution in [2.45, 2.75) is 13.3 Å². The van der Waals surface area contributed by atoms with Gasteiger partial charge in [0.1, 0.15) is 5.75 Å². The molecule has 0 aliphatic heterocycles. The Labute approximate surface area is 185 Å². The summed E-state index contributed by atoms with van der Waals surface area (Å²) < 4.78 is 5.24. The Kier molecular flexibility index (Phi) is 6.01. The second-order valence-electron chi connectivity index (χ2n) is 6.96. The number of hydrogen-bond acceptors (Lipinski definition) is 3. The highest BCUT2D eigenvalue weighted by Crippen LogP contribution is 2.39. The molecule has 2 heterocycles. The van der Waals surface area contributed by atoms with E-state index in [9.17, 15) is 4.79 Å². The van der Waals surface area contributed by atoms with Gasteiger partial charge in [0.15, 0.2) is 0 Å². The molecule has 0 aliphatic rings. The van der Waals surface area contributed by atoms with Crippen molar-refractivity contribution in [1.29, 1.82) is 0 Å². The van der Waals surface area contributed by atoms with E-state index in [1.165, 1.54) is 0 Å². The van der Waals surface area contributed by atoms with Crippen LogP contribution in [-0.2, 0) is 4.79 Å². The standard InChI is InChI=1S/C26H21ClN2O2/c1-3-19(20-12-14-28-16-23(20)27)26(22-6-5-7-24-21(22)13-15-29-24)17-8-10-18(11-9-17)31-25(30)4-2/h4-16,29H,2-3H2,1H3/b26-19+. The van der Waals surface area contributed by atoms with Crippen LogP contribution in [-0.4, -0.2) is 15.9 Å². The lowest BCUT2D eigenvalue weighted by molar-refractivity contribution is -0.128. The van der Waals surface area contributed by atoms with Crippen molar-refractivity contribution in [3.05, 3.63) is 108 Å². The molecule has 5 heteroatoms. The van der Waals surface area contributed by atoms with Crippen LogP contribution in [0.15, 0.2) is 85.8 Å². The summed E-state index contributed by atoms with van der Waals surface area (Å²) >= 11 is 6.54. The summed E-state index contributed by atoms with van der Waals surface area (Å²) in [6.07, 6.45) is 7.27. The summed E-state index contributed by atoms with van der Waals surface area (Å²) in [5, 5.41) is 1.73. The van der Waals surface area contributed by atoms with E-state index in [2.05, 4.69) is 41.7 Å². The number of rotatable bonds is 6. The molecule has 0 aliphatic carbocycles. The van der Waals surface area contributed by atoms with E-state index in [0.29, 0.717) is 10.8 Å². The lowest BCUT2D eigenvalue weighted by Gasteiger charge is -2.18. The molecular formula is C26H21ClN2O2. The Morgan fingerprint density at radius 1 is 1.13 bits per heavy atom. The topological polar surface area (TPSA) is 55.0 Å². The van der Waals surface area contributed by atoms with Gasteiger partial charge >= 0.3 is 5.97 Å². The molecule has 0 saturated heterocycles. The average Bonchev–Trinajstić information content (AvgIpc) is 3.28. The van der Waals surface area contributed by atoms with Crippen molar-refractivity contribution in [3.8, 4) is 5.75 Å². The quantitative estimate of drug-likeness (QED) is 0.212. The number of ether oxygens (including phenoxy) is 1. The van der Waals surface area contributed by atoms with Crippen LogP contribution in [0, 0.1) is 0 Å². The molecule has 0 atom stereocenters. The number of benzene rings is 2. The van der Waals surface area contributed by atoms with E-state index in [1.807, 2.05) is 30.5 Å². The van der Waals surface area contributed by atoms with E-state index >= 15 is 0 Å². The van der Waals surface area contributed by atoms with Gasteiger partial charge < -0.3 is 9.72 Å². The Bertz CT molecular complexity index is 1290. The molecule has 0 spiro atoms. The lowest BCUT2D eigenvalue weighted by Crippen LogP contribution is -2.03.